The lowest BCUT2D eigenvalue weighted by Crippen LogP contribution is -2.48. The minimum atomic E-state index is -4.01. The third-order valence-corrected chi connectivity index (χ3v) is 6.91. The zero-order valence-electron chi connectivity index (χ0n) is 16.5. The quantitative estimate of drug-likeness (QED) is 0.527. The Morgan fingerprint density at radius 1 is 1.23 bits per heavy atom. The van der Waals surface area contributed by atoms with Crippen LogP contribution in [0.3, 0.4) is 0 Å². The standard InChI is InChI=1S/C19H19ClFN3O6S/c1-11-9-23(10-12(2)30-11)31(28,29)18-7-13(3-5-15(18)20)19(25)22-14-4-6-16(21)17(8-14)24(26)27/h3-8,11-12H,9-10H2,1-2H3,(H,22,25). The van der Waals surface area contributed by atoms with Gasteiger partial charge in [-0.3, -0.25) is 14.9 Å². The van der Waals surface area contributed by atoms with Gasteiger partial charge in [-0.25, -0.2) is 8.42 Å². The number of nitrogens with one attached hydrogen (secondary N) is 1. The van der Waals surface area contributed by atoms with Crippen molar-refractivity contribution in [2.24, 2.45) is 0 Å². The maximum atomic E-state index is 13.5. The lowest BCUT2D eigenvalue weighted by atomic mass is 10.2. The molecule has 1 heterocycles. The number of benzene rings is 2. The average molecular weight is 472 g/mol. The predicted molar refractivity (Wildman–Crippen MR) is 111 cm³/mol. The van der Waals surface area contributed by atoms with Gasteiger partial charge in [0.15, 0.2) is 0 Å². The highest BCUT2D eigenvalue weighted by Crippen LogP contribution is 2.29. The molecule has 9 nitrogen and oxygen atoms in total. The molecule has 0 saturated carbocycles. The molecule has 0 aromatic heterocycles. The van der Waals surface area contributed by atoms with Crippen LogP contribution in [0.4, 0.5) is 15.8 Å². The van der Waals surface area contributed by atoms with Crippen LogP contribution in [0.1, 0.15) is 24.2 Å². The highest BCUT2D eigenvalue weighted by molar-refractivity contribution is 7.89. The number of rotatable bonds is 5. The third-order valence-electron chi connectivity index (χ3n) is 4.60. The summed E-state index contributed by atoms with van der Waals surface area (Å²) in [5, 5.41) is 13.2. The largest absolute Gasteiger partial charge is 0.373 e. The van der Waals surface area contributed by atoms with Gasteiger partial charge < -0.3 is 10.1 Å². The van der Waals surface area contributed by atoms with Crippen LogP contribution in [-0.4, -0.2) is 48.9 Å². The van der Waals surface area contributed by atoms with E-state index in [-0.39, 0.29) is 46.5 Å². The smallest absolute Gasteiger partial charge is 0.306 e. The Kier molecular flexibility index (Phi) is 6.60. The van der Waals surface area contributed by atoms with Crippen LogP contribution in [0.25, 0.3) is 0 Å². The van der Waals surface area contributed by atoms with Gasteiger partial charge in [0.05, 0.1) is 22.2 Å². The fourth-order valence-electron chi connectivity index (χ4n) is 3.24. The SMILES string of the molecule is CC1CN(S(=O)(=O)c2cc(C(=O)Nc3ccc(F)c([N+](=O)[O-])c3)ccc2Cl)CC(C)O1. The minimum Gasteiger partial charge on any atom is -0.373 e. The molecular weight excluding hydrogens is 453 g/mol. The number of morpholine rings is 1. The van der Waals surface area contributed by atoms with Crippen molar-refractivity contribution in [3.63, 3.8) is 0 Å². The second-order valence-corrected chi connectivity index (χ2v) is 9.42. The van der Waals surface area contributed by atoms with E-state index in [0.717, 1.165) is 24.3 Å². The van der Waals surface area contributed by atoms with Crippen molar-refractivity contribution in [2.75, 3.05) is 18.4 Å². The molecule has 1 saturated heterocycles. The molecule has 1 aliphatic heterocycles. The van der Waals surface area contributed by atoms with Crippen molar-refractivity contribution < 1.29 is 27.3 Å². The van der Waals surface area contributed by atoms with Crippen LogP contribution < -0.4 is 5.32 Å². The Morgan fingerprint density at radius 2 is 1.87 bits per heavy atom. The summed E-state index contributed by atoms with van der Waals surface area (Å²) in [5.41, 5.74) is -0.856. The van der Waals surface area contributed by atoms with Crippen molar-refractivity contribution in [3.05, 3.63) is 62.9 Å². The number of anilines is 1. The van der Waals surface area contributed by atoms with E-state index in [4.69, 9.17) is 16.3 Å². The van der Waals surface area contributed by atoms with Gasteiger partial charge in [0, 0.05) is 30.4 Å². The summed E-state index contributed by atoms with van der Waals surface area (Å²) in [6.07, 6.45) is -0.615. The fourth-order valence-corrected chi connectivity index (χ4v) is 5.33. The van der Waals surface area contributed by atoms with Gasteiger partial charge in [-0.1, -0.05) is 11.6 Å². The molecule has 1 N–H and O–H groups in total. The summed E-state index contributed by atoms with van der Waals surface area (Å²) in [5.74, 6) is -1.78. The first-order valence-corrected chi connectivity index (χ1v) is 11.0. The van der Waals surface area contributed by atoms with Gasteiger partial charge in [0.1, 0.15) is 4.90 Å². The van der Waals surface area contributed by atoms with E-state index in [9.17, 15) is 27.7 Å². The van der Waals surface area contributed by atoms with E-state index in [2.05, 4.69) is 5.32 Å². The molecule has 3 rings (SSSR count). The monoisotopic (exact) mass is 471 g/mol. The molecule has 2 aromatic rings. The lowest BCUT2D eigenvalue weighted by molar-refractivity contribution is -0.387. The number of hydrogen-bond acceptors (Lipinski definition) is 6. The molecule has 12 heteroatoms. The molecule has 0 aliphatic carbocycles. The lowest BCUT2D eigenvalue weighted by Gasteiger charge is -2.34. The van der Waals surface area contributed by atoms with Gasteiger partial charge in [-0.15, -0.1) is 0 Å². The summed E-state index contributed by atoms with van der Waals surface area (Å²) >= 11 is 6.13. The number of hydrogen-bond donors (Lipinski definition) is 1. The molecule has 1 amide bonds. The zero-order chi connectivity index (χ0) is 22.9. The average Bonchev–Trinajstić information content (AvgIpc) is 2.68. The van der Waals surface area contributed by atoms with Gasteiger partial charge in [-0.2, -0.15) is 8.70 Å². The number of nitrogens with zero attached hydrogens (tertiary/aromatic N) is 2. The Morgan fingerprint density at radius 3 is 2.48 bits per heavy atom. The Hall–Kier alpha value is -2.60. The molecular formula is C19H19ClFN3O6S. The van der Waals surface area contributed by atoms with Gasteiger partial charge >= 0.3 is 5.69 Å². The van der Waals surface area contributed by atoms with Gasteiger partial charge in [-0.05, 0) is 44.2 Å². The molecule has 31 heavy (non-hydrogen) atoms. The van der Waals surface area contributed by atoms with Crippen LogP contribution in [0.5, 0.6) is 0 Å². The number of halogens is 2. The number of carbonyl (C=O) groups is 1. The van der Waals surface area contributed by atoms with Gasteiger partial charge in [0.25, 0.3) is 5.91 Å². The number of nitro groups is 1. The Balaban J connectivity index is 1.89. The first-order chi connectivity index (χ1) is 14.5. The highest BCUT2D eigenvalue weighted by atomic mass is 35.5. The highest BCUT2D eigenvalue weighted by Gasteiger charge is 2.34. The van der Waals surface area contributed by atoms with E-state index in [1.165, 1.54) is 16.4 Å². The Bertz CT molecular complexity index is 1130. The van der Waals surface area contributed by atoms with Crippen LogP contribution in [0.15, 0.2) is 41.3 Å². The maximum absolute atomic E-state index is 13.5. The summed E-state index contributed by atoms with van der Waals surface area (Å²) in [7, 11) is -4.01. The topological polar surface area (TPSA) is 119 Å². The summed E-state index contributed by atoms with van der Waals surface area (Å²) < 4.78 is 46.6. The number of amides is 1. The van der Waals surface area contributed by atoms with E-state index in [0.29, 0.717) is 0 Å². The molecule has 2 unspecified atom stereocenters. The van der Waals surface area contributed by atoms with E-state index in [1.54, 1.807) is 13.8 Å². The second kappa shape index (κ2) is 8.87. The minimum absolute atomic E-state index is 0.0201. The Labute approximate surface area is 183 Å². The van der Waals surface area contributed by atoms with Crippen molar-refractivity contribution in [2.45, 2.75) is 31.0 Å². The molecule has 0 radical (unpaired) electrons. The second-order valence-electron chi connectivity index (χ2n) is 7.10. The molecule has 1 fully saturated rings. The van der Waals surface area contributed by atoms with E-state index in [1.807, 2.05) is 0 Å². The zero-order valence-corrected chi connectivity index (χ0v) is 18.1. The number of nitro benzene ring substituents is 1. The number of ether oxygens (including phenoxy) is 1. The van der Waals surface area contributed by atoms with Crippen molar-refractivity contribution in [1.29, 1.82) is 0 Å². The maximum Gasteiger partial charge on any atom is 0.306 e. The molecule has 166 valence electrons. The fraction of sp³-hybridized carbons (Fsp3) is 0.316. The number of carbonyl (C=O) groups excluding carboxylic acids is 1. The third kappa shape index (κ3) is 5.01. The predicted octanol–water partition coefficient (Wildman–Crippen LogP) is 3.44. The molecule has 2 aromatic carbocycles. The molecule has 1 aliphatic rings. The molecule has 2 atom stereocenters. The normalized spacial score (nSPS) is 19.7. The van der Waals surface area contributed by atoms with Crippen molar-refractivity contribution >= 4 is 38.9 Å². The van der Waals surface area contributed by atoms with E-state index < -0.39 is 32.4 Å². The number of sulfonamides is 1. The van der Waals surface area contributed by atoms with Crippen LogP contribution >= 0.6 is 11.6 Å². The van der Waals surface area contributed by atoms with Crippen LogP contribution in [0, 0.1) is 15.9 Å². The van der Waals surface area contributed by atoms with Crippen molar-refractivity contribution in [3.8, 4) is 0 Å². The molecule has 0 spiro atoms. The van der Waals surface area contributed by atoms with Crippen LogP contribution in [0.2, 0.25) is 5.02 Å². The van der Waals surface area contributed by atoms with Crippen molar-refractivity contribution in [1.82, 2.24) is 4.31 Å². The van der Waals surface area contributed by atoms with E-state index >= 15 is 0 Å². The molecule has 0 bridgehead atoms. The first-order valence-electron chi connectivity index (χ1n) is 9.19. The van der Waals surface area contributed by atoms with Gasteiger partial charge in [0.2, 0.25) is 15.8 Å². The summed E-state index contributed by atoms with van der Waals surface area (Å²) in [6, 6.07) is 6.62. The van der Waals surface area contributed by atoms with Crippen LogP contribution in [-0.2, 0) is 14.8 Å². The first kappa shape index (κ1) is 23.1. The summed E-state index contributed by atoms with van der Waals surface area (Å²) in [4.78, 5) is 22.3. The summed E-state index contributed by atoms with van der Waals surface area (Å²) in [6.45, 7) is 3.79.